The molecule has 1 unspecified atom stereocenters. The Labute approximate surface area is 198 Å². The van der Waals surface area contributed by atoms with Gasteiger partial charge >= 0.3 is 5.97 Å². The molecule has 1 heterocycles. The highest BCUT2D eigenvalue weighted by Gasteiger charge is 2.34. The molecule has 2 aromatic carbocycles. The van der Waals surface area contributed by atoms with Crippen LogP contribution in [0.2, 0.25) is 0 Å². The molecule has 1 aliphatic heterocycles. The second kappa shape index (κ2) is 11.8. The van der Waals surface area contributed by atoms with Crippen molar-refractivity contribution in [2.75, 3.05) is 18.9 Å². The molecule has 182 valence electrons. The second-order valence-corrected chi connectivity index (χ2v) is 8.75. The van der Waals surface area contributed by atoms with Gasteiger partial charge in [0.25, 0.3) is 5.91 Å². The zero-order chi connectivity index (χ0) is 24.7. The first-order chi connectivity index (χ1) is 16.2. The lowest BCUT2D eigenvalue weighted by atomic mass is 10.1. The summed E-state index contributed by atoms with van der Waals surface area (Å²) in [6.45, 7) is 0.165. The van der Waals surface area contributed by atoms with Gasteiger partial charge in [-0.05, 0) is 42.2 Å². The Morgan fingerprint density at radius 1 is 1.09 bits per heavy atom. The van der Waals surface area contributed by atoms with Crippen molar-refractivity contribution in [3.05, 3.63) is 65.0 Å². The number of carbonyl (C=O) groups is 3. The molecule has 1 saturated heterocycles. The number of amides is 2. The summed E-state index contributed by atoms with van der Waals surface area (Å²) in [5.74, 6) is -3.95. The van der Waals surface area contributed by atoms with Crippen molar-refractivity contribution in [2.45, 2.75) is 31.2 Å². The minimum absolute atomic E-state index is 0.00355. The van der Waals surface area contributed by atoms with Crippen molar-refractivity contribution in [3.63, 3.8) is 0 Å². The van der Waals surface area contributed by atoms with Crippen molar-refractivity contribution < 1.29 is 37.4 Å². The second-order valence-electron chi connectivity index (χ2n) is 7.57. The van der Waals surface area contributed by atoms with Crippen molar-refractivity contribution >= 4 is 29.5 Å². The molecular formula is C23H23F3N2O5S. The molecular weight excluding hydrogens is 473 g/mol. The highest BCUT2D eigenvalue weighted by Crippen LogP contribution is 2.25. The van der Waals surface area contributed by atoms with Crippen molar-refractivity contribution in [1.29, 1.82) is 0 Å². The number of carboxylic acids is 1. The lowest BCUT2D eigenvalue weighted by Gasteiger charge is -2.23. The van der Waals surface area contributed by atoms with E-state index in [1.807, 2.05) is 0 Å². The molecule has 2 amide bonds. The maximum Gasteiger partial charge on any atom is 0.341 e. The first-order valence-corrected chi connectivity index (χ1v) is 11.5. The Hall–Kier alpha value is -3.21. The number of aryl methyl sites for hydroxylation is 1. The number of carboxylic acid groups (broad SMARTS) is 1. The summed E-state index contributed by atoms with van der Waals surface area (Å²) in [7, 11) is 0. The van der Waals surface area contributed by atoms with Crippen LogP contribution in [0.5, 0.6) is 5.75 Å². The fourth-order valence-electron chi connectivity index (χ4n) is 3.40. The smallest absolute Gasteiger partial charge is 0.341 e. The number of hydrogen-bond acceptors (Lipinski definition) is 5. The molecule has 1 atom stereocenters. The highest BCUT2D eigenvalue weighted by molar-refractivity contribution is 8.00. The summed E-state index contributed by atoms with van der Waals surface area (Å²) in [5, 5.41) is 10.7. The van der Waals surface area contributed by atoms with E-state index in [2.05, 4.69) is 5.32 Å². The van der Waals surface area contributed by atoms with Crippen molar-refractivity contribution in [2.24, 2.45) is 0 Å². The first kappa shape index (κ1) is 25.4. The van der Waals surface area contributed by atoms with Gasteiger partial charge in [-0.2, -0.15) is 0 Å². The molecule has 0 aromatic heterocycles. The summed E-state index contributed by atoms with van der Waals surface area (Å²) in [6.07, 6.45) is 0.339. The van der Waals surface area contributed by atoms with Crippen LogP contribution in [0.25, 0.3) is 0 Å². The Morgan fingerprint density at radius 3 is 2.50 bits per heavy atom. The summed E-state index contributed by atoms with van der Waals surface area (Å²) < 4.78 is 45.2. The Balaban J connectivity index is 1.47. The van der Waals surface area contributed by atoms with Gasteiger partial charge in [-0.3, -0.25) is 9.59 Å². The molecule has 0 bridgehead atoms. The maximum atomic E-state index is 13.8. The molecule has 0 radical (unpaired) electrons. The van der Waals surface area contributed by atoms with Crippen LogP contribution in [0.3, 0.4) is 0 Å². The van der Waals surface area contributed by atoms with Crippen LogP contribution in [0.15, 0.2) is 36.4 Å². The predicted molar refractivity (Wildman–Crippen MR) is 119 cm³/mol. The van der Waals surface area contributed by atoms with E-state index in [0.717, 1.165) is 11.6 Å². The van der Waals surface area contributed by atoms with E-state index in [1.54, 1.807) is 24.3 Å². The third-order valence-corrected chi connectivity index (χ3v) is 6.32. The lowest BCUT2D eigenvalue weighted by Crippen LogP contribution is -2.44. The first-order valence-electron chi connectivity index (χ1n) is 10.5. The summed E-state index contributed by atoms with van der Waals surface area (Å²) >= 11 is 1.34. The molecule has 0 aliphatic carbocycles. The number of nitrogens with zero attached hydrogens (tertiary/aromatic N) is 1. The molecule has 7 nitrogen and oxygen atoms in total. The molecule has 1 aliphatic rings. The number of carbonyl (C=O) groups excluding carboxylic acids is 2. The molecule has 3 rings (SSSR count). The number of halogens is 3. The van der Waals surface area contributed by atoms with Crippen molar-refractivity contribution in [1.82, 2.24) is 10.2 Å². The van der Waals surface area contributed by atoms with E-state index < -0.39 is 35.4 Å². The number of nitrogens with one attached hydrogen (secondary N) is 1. The molecule has 11 heteroatoms. The van der Waals surface area contributed by atoms with E-state index in [4.69, 9.17) is 9.84 Å². The molecule has 2 N–H and O–H groups in total. The number of rotatable bonds is 10. The quantitative estimate of drug-likeness (QED) is 0.491. The van der Waals surface area contributed by atoms with Crippen LogP contribution in [0.4, 0.5) is 13.2 Å². The van der Waals surface area contributed by atoms with Crippen LogP contribution < -0.4 is 10.1 Å². The number of aliphatic carboxylic acids is 1. The summed E-state index contributed by atoms with van der Waals surface area (Å²) in [5.41, 5.74) is 0.765. The highest BCUT2D eigenvalue weighted by atomic mass is 32.2. The van der Waals surface area contributed by atoms with Gasteiger partial charge in [0.05, 0.1) is 0 Å². The zero-order valence-corrected chi connectivity index (χ0v) is 18.9. The van der Waals surface area contributed by atoms with E-state index in [1.165, 1.54) is 16.7 Å². The fourth-order valence-corrected chi connectivity index (χ4v) is 4.56. The Kier molecular flexibility index (Phi) is 8.80. The summed E-state index contributed by atoms with van der Waals surface area (Å²) in [6, 6.07) is 7.86. The predicted octanol–water partition coefficient (Wildman–Crippen LogP) is 3.11. The van der Waals surface area contributed by atoms with Gasteiger partial charge in [-0.25, -0.2) is 18.0 Å². The Morgan fingerprint density at radius 2 is 1.79 bits per heavy atom. The van der Waals surface area contributed by atoms with Crippen LogP contribution in [0.1, 0.15) is 24.0 Å². The average Bonchev–Trinajstić information content (AvgIpc) is 3.30. The number of thioether (sulfide) groups is 1. The van der Waals surface area contributed by atoms with Gasteiger partial charge in [-0.1, -0.05) is 12.1 Å². The SMILES string of the molecule is O=C(O)COc1ccc(CNC(=O)C2SCCN2C(=O)CCCc2cc(F)c(F)cc2F)cc1. The van der Waals surface area contributed by atoms with E-state index in [9.17, 15) is 27.6 Å². The largest absolute Gasteiger partial charge is 0.482 e. The van der Waals surface area contributed by atoms with Gasteiger partial charge in [0.2, 0.25) is 5.91 Å². The number of hydrogen-bond donors (Lipinski definition) is 2. The van der Waals surface area contributed by atoms with Gasteiger partial charge in [0.15, 0.2) is 23.6 Å². The zero-order valence-electron chi connectivity index (χ0n) is 18.1. The van der Waals surface area contributed by atoms with Gasteiger partial charge in [0.1, 0.15) is 11.6 Å². The third-order valence-electron chi connectivity index (χ3n) is 5.11. The maximum absolute atomic E-state index is 13.8. The summed E-state index contributed by atoms with van der Waals surface area (Å²) in [4.78, 5) is 37.3. The van der Waals surface area contributed by atoms with Crippen molar-refractivity contribution in [3.8, 4) is 5.75 Å². The topological polar surface area (TPSA) is 95.9 Å². The molecule has 0 spiro atoms. The molecule has 0 saturated carbocycles. The van der Waals surface area contributed by atoms with Crippen LogP contribution in [-0.2, 0) is 27.3 Å². The van der Waals surface area contributed by atoms with E-state index in [-0.39, 0.29) is 43.2 Å². The van der Waals surface area contributed by atoms with E-state index >= 15 is 0 Å². The molecule has 2 aromatic rings. The monoisotopic (exact) mass is 496 g/mol. The average molecular weight is 497 g/mol. The van der Waals surface area contributed by atoms with Crippen LogP contribution >= 0.6 is 11.8 Å². The van der Waals surface area contributed by atoms with Gasteiger partial charge < -0.3 is 20.1 Å². The number of ether oxygens (including phenoxy) is 1. The van der Waals surface area contributed by atoms with Gasteiger partial charge in [0, 0.05) is 31.3 Å². The molecule has 1 fully saturated rings. The molecule has 34 heavy (non-hydrogen) atoms. The van der Waals surface area contributed by atoms with Crippen LogP contribution in [-0.4, -0.2) is 52.1 Å². The minimum Gasteiger partial charge on any atom is -0.482 e. The third kappa shape index (κ3) is 6.89. The fraction of sp³-hybridized carbons (Fsp3) is 0.348. The standard InChI is InChI=1S/C23H23F3N2O5S/c24-17-11-19(26)18(25)10-15(17)2-1-3-20(29)28-8-9-34-23(28)22(32)27-12-14-4-6-16(7-5-14)33-13-21(30)31/h4-7,10-11,23H,1-3,8-9,12-13H2,(H,27,32)(H,30,31). The van der Waals surface area contributed by atoms with E-state index in [0.29, 0.717) is 24.1 Å². The lowest BCUT2D eigenvalue weighted by molar-refractivity contribution is -0.139. The minimum atomic E-state index is -1.26. The Bertz CT molecular complexity index is 1050. The normalized spacial score (nSPS) is 15.3. The van der Waals surface area contributed by atoms with Crippen LogP contribution in [0, 0.1) is 17.5 Å². The van der Waals surface area contributed by atoms with Gasteiger partial charge in [-0.15, -0.1) is 11.8 Å². The number of benzene rings is 2.